The van der Waals surface area contributed by atoms with Crippen molar-refractivity contribution in [2.75, 3.05) is 0 Å². The summed E-state index contributed by atoms with van der Waals surface area (Å²) in [5.41, 5.74) is 3.27. The van der Waals surface area contributed by atoms with Gasteiger partial charge in [0.1, 0.15) is 18.7 Å². The Bertz CT molecular complexity index is 1210. The molecular formula is C20H12BrClN6. The SMILES string of the molecule is CC(Cl)c1nnc2n1-c1ccc(C#N)c(C#N)c1C(c1ccccc1Br)=NC2. The number of hydrogen-bond donors (Lipinski definition) is 0. The van der Waals surface area contributed by atoms with Crippen LogP contribution in [0.15, 0.2) is 45.9 Å². The van der Waals surface area contributed by atoms with E-state index in [0.29, 0.717) is 28.6 Å². The highest BCUT2D eigenvalue weighted by Crippen LogP contribution is 2.33. The third kappa shape index (κ3) is 2.80. The fraction of sp³-hybridized carbons (Fsp3) is 0.150. The highest BCUT2D eigenvalue weighted by Gasteiger charge is 2.28. The van der Waals surface area contributed by atoms with Crippen LogP contribution in [0.5, 0.6) is 0 Å². The van der Waals surface area contributed by atoms with Gasteiger partial charge in [0.25, 0.3) is 0 Å². The molecule has 2 aromatic carbocycles. The molecule has 1 aromatic heterocycles. The Morgan fingerprint density at radius 2 is 1.93 bits per heavy atom. The van der Waals surface area contributed by atoms with E-state index < -0.39 is 0 Å². The van der Waals surface area contributed by atoms with E-state index in [1.807, 2.05) is 35.8 Å². The van der Waals surface area contributed by atoms with Crippen LogP contribution in [-0.2, 0) is 6.54 Å². The maximum absolute atomic E-state index is 9.87. The first-order valence-corrected chi connectivity index (χ1v) is 9.65. The molecule has 6 nitrogen and oxygen atoms in total. The third-order valence-electron chi connectivity index (χ3n) is 4.51. The van der Waals surface area contributed by atoms with Gasteiger partial charge in [0.05, 0.1) is 27.9 Å². The molecule has 1 aliphatic heterocycles. The molecule has 0 bridgehead atoms. The Hall–Kier alpha value is -3.00. The van der Waals surface area contributed by atoms with Gasteiger partial charge in [0, 0.05) is 15.6 Å². The van der Waals surface area contributed by atoms with Crippen molar-refractivity contribution in [3.63, 3.8) is 0 Å². The molecule has 8 heteroatoms. The summed E-state index contributed by atoms with van der Waals surface area (Å²) in [5.74, 6) is 1.19. The van der Waals surface area contributed by atoms with Crippen LogP contribution in [0.3, 0.4) is 0 Å². The quantitative estimate of drug-likeness (QED) is 0.539. The van der Waals surface area contributed by atoms with E-state index in [-0.39, 0.29) is 23.0 Å². The van der Waals surface area contributed by atoms with Gasteiger partial charge >= 0.3 is 0 Å². The zero-order chi connectivity index (χ0) is 19.8. The van der Waals surface area contributed by atoms with Crippen molar-refractivity contribution >= 4 is 33.2 Å². The van der Waals surface area contributed by atoms with E-state index in [0.717, 1.165) is 10.0 Å². The minimum absolute atomic E-state index is 0.268. The molecule has 0 spiro atoms. The van der Waals surface area contributed by atoms with E-state index in [4.69, 9.17) is 16.6 Å². The van der Waals surface area contributed by atoms with Crippen molar-refractivity contribution in [1.82, 2.24) is 14.8 Å². The first-order valence-electron chi connectivity index (χ1n) is 8.42. The number of benzene rings is 2. The number of rotatable bonds is 2. The topological polar surface area (TPSA) is 90.6 Å². The Kier molecular flexibility index (Phi) is 4.72. The number of alkyl halides is 1. The van der Waals surface area contributed by atoms with Crippen LogP contribution in [0.2, 0.25) is 0 Å². The normalized spacial score (nSPS) is 13.4. The Balaban J connectivity index is 2.13. The lowest BCUT2D eigenvalue weighted by Crippen LogP contribution is -2.13. The molecule has 0 fully saturated rings. The Morgan fingerprint density at radius 1 is 1.14 bits per heavy atom. The van der Waals surface area contributed by atoms with E-state index in [9.17, 15) is 10.5 Å². The zero-order valence-electron chi connectivity index (χ0n) is 14.7. The second-order valence-electron chi connectivity index (χ2n) is 6.18. The van der Waals surface area contributed by atoms with Crippen LogP contribution < -0.4 is 0 Å². The first kappa shape index (κ1) is 18.4. The summed E-state index contributed by atoms with van der Waals surface area (Å²) < 4.78 is 2.68. The van der Waals surface area contributed by atoms with E-state index in [2.05, 4.69) is 38.3 Å². The van der Waals surface area contributed by atoms with Gasteiger partial charge in [-0.15, -0.1) is 21.8 Å². The predicted octanol–water partition coefficient (Wildman–Crippen LogP) is 4.42. The lowest BCUT2D eigenvalue weighted by atomic mass is 9.93. The summed E-state index contributed by atoms with van der Waals surface area (Å²) in [6, 6.07) is 15.4. The van der Waals surface area contributed by atoms with Gasteiger partial charge in [-0.25, -0.2) is 0 Å². The Labute approximate surface area is 174 Å². The molecule has 0 amide bonds. The fourth-order valence-electron chi connectivity index (χ4n) is 3.28. The minimum atomic E-state index is -0.389. The molecule has 0 radical (unpaired) electrons. The molecule has 1 unspecified atom stereocenters. The van der Waals surface area contributed by atoms with E-state index in [1.54, 1.807) is 12.1 Å². The first-order chi connectivity index (χ1) is 13.6. The molecule has 28 heavy (non-hydrogen) atoms. The molecule has 136 valence electrons. The zero-order valence-corrected chi connectivity index (χ0v) is 17.0. The van der Waals surface area contributed by atoms with Crippen LogP contribution in [-0.4, -0.2) is 20.5 Å². The van der Waals surface area contributed by atoms with Crippen LogP contribution in [0.25, 0.3) is 5.69 Å². The molecular weight excluding hydrogens is 440 g/mol. The lowest BCUT2D eigenvalue weighted by molar-refractivity contribution is 0.827. The summed E-state index contributed by atoms with van der Waals surface area (Å²) in [6.07, 6.45) is 0. The Morgan fingerprint density at radius 3 is 2.61 bits per heavy atom. The average molecular weight is 452 g/mol. The third-order valence-corrected chi connectivity index (χ3v) is 5.40. The van der Waals surface area contributed by atoms with Crippen molar-refractivity contribution in [1.29, 1.82) is 10.5 Å². The van der Waals surface area contributed by atoms with Gasteiger partial charge in [0.2, 0.25) is 0 Å². The smallest absolute Gasteiger partial charge is 0.159 e. The monoisotopic (exact) mass is 450 g/mol. The summed E-state index contributed by atoms with van der Waals surface area (Å²) in [5, 5.41) is 27.5. The van der Waals surface area contributed by atoms with Crippen LogP contribution in [0.4, 0.5) is 0 Å². The second kappa shape index (κ2) is 7.20. The molecule has 0 saturated carbocycles. The second-order valence-corrected chi connectivity index (χ2v) is 7.69. The lowest BCUT2D eigenvalue weighted by Gasteiger charge is -2.17. The average Bonchev–Trinajstić information content (AvgIpc) is 3.06. The highest BCUT2D eigenvalue weighted by atomic mass is 79.9. The standard InChI is InChI=1S/C20H12BrClN6/c1-11(22)20-27-26-17-10-25-19(13-4-2-3-5-15(13)21)18-14(9-24)12(8-23)6-7-16(18)28(17)20/h2-7,11H,10H2,1H3. The van der Waals surface area contributed by atoms with Gasteiger partial charge in [-0.1, -0.05) is 34.1 Å². The minimum Gasteiger partial charge on any atom is -0.279 e. The van der Waals surface area contributed by atoms with Gasteiger partial charge < -0.3 is 0 Å². The van der Waals surface area contributed by atoms with Crippen LogP contribution in [0, 0.1) is 22.7 Å². The molecule has 1 atom stereocenters. The number of halogens is 2. The van der Waals surface area contributed by atoms with Crippen molar-refractivity contribution in [2.24, 2.45) is 4.99 Å². The van der Waals surface area contributed by atoms with E-state index in [1.165, 1.54) is 0 Å². The maximum atomic E-state index is 9.87. The molecule has 0 saturated heterocycles. The van der Waals surface area contributed by atoms with Gasteiger partial charge in [-0.3, -0.25) is 9.56 Å². The number of fused-ring (bicyclic) bond motifs is 3. The van der Waals surface area contributed by atoms with Gasteiger partial charge in [-0.05, 0) is 25.1 Å². The molecule has 0 aliphatic carbocycles. The summed E-state index contributed by atoms with van der Waals surface area (Å²) in [7, 11) is 0. The summed E-state index contributed by atoms with van der Waals surface area (Å²) in [4.78, 5) is 4.75. The number of aliphatic imine (C=N–C) groups is 1. The van der Waals surface area contributed by atoms with Crippen molar-refractivity contribution in [3.8, 4) is 17.8 Å². The van der Waals surface area contributed by atoms with Crippen molar-refractivity contribution < 1.29 is 0 Å². The number of hydrogen-bond acceptors (Lipinski definition) is 5. The highest BCUT2D eigenvalue weighted by molar-refractivity contribution is 9.10. The molecule has 4 rings (SSSR count). The fourth-order valence-corrected chi connectivity index (χ4v) is 3.90. The van der Waals surface area contributed by atoms with Crippen molar-refractivity contribution in [3.05, 3.63) is 74.8 Å². The number of aromatic nitrogens is 3. The molecule has 3 aromatic rings. The maximum Gasteiger partial charge on any atom is 0.159 e. The number of nitrogens with zero attached hydrogens (tertiary/aromatic N) is 6. The van der Waals surface area contributed by atoms with Crippen LogP contribution in [0.1, 0.15) is 46.2 Å². The van der Waals surface area contributed by atoms with Crippen molar-refractivity contribution in [2.45, 2.75) is 18.8 Å². The van der Waals surface area contributed by atoms with Gasteiger partial charge in [-0.2, -0.15) is 10.5 Å². The molecule has 0 N–H and O–H groups in total. The van der Waals surface area contributed by atoms with E-state index >= 15 is 0 Å². The number of nitriles is 2. The molecule has 1 aliphatic rings. The van der Waals surface area contributed by atoms with Crippen LogP contribution >= 0.6 is 27.5 Å². The summed E-state index contributed by atoms with van der Waals surface area (Å²) >= 11 is 9.90. The summed E-state index contributed by atoms with van der Waals surface area (Å²) in [6.45, 7) is 2.09. The van der Waals surface area contributed by atoms with Gasteiger partial charge in [0.15, 0.2) is 11.6 Å². The molecule has 2 heterocycles. The predicted molar refractivity (Wildman–Crippen MR) is 109 cm³/mol. The largest absolute Gasteiger partial charge is 0.279 e.